The van der Waals surface area contributed by atoms with Crippen LogP contribution in [-0.2, 0) is 0 Å². The van der Waals surface area contributed by atoms with E-state index in [4.69, 9.17) is 9.47 Å². The number of hydrogen-bond donors (Lipinski definition) is 1. The van der Waals surface area contributed by atoms with E-state index in [0.717, 1.165) is 36.0 Å². The van der Waals surface area contributed by atoms with Crippen LogP contribution in [0.25, 0.3) is 0 Å². The molecule has 4 heteroatoms. The first-order valence-electron chi connectivity index (χ1n) is 5.86. The summed E-state index contributed by atoms with van der Waals surface area (Å²) in [5, 5.41) is 3.32. The molecule has 1 aliphatic rings. The zero-order chi connectivity index (χ0) is 12.1. The molecule has 0 fully saturated rings. The highest BCUT2D eigenvalue weighted by atomic mass is 16.5. The Morgan fingerprint density at radius 3 is 2.71 bits per heavy atom. The molecule has 0 saturated heterocycles. The molecule has 0 aromatic heterocycles. The van der Waals surface area contributed by atoms with Crippen LogP contribution < -0.4 is 14.8 Å². The summed E-state index contributed by atoms with van der Waals surface area (Å²) in [5.41, 5.74) is 0.939. The number of amidine groups is 1. The number of nitrogens with zero attached hydrogens (tertiary/aromatic N) is 1. The Labute approximate surface area is 102 Å². The first-order valence-corrected chi connectivity index (χ1v) is 5.86. The number of rotatable bonds is 3. The molecule has 1 N–H and O–H groups in total. The topological polar surface area (TPSA) is 42.8 Å². The summed E-state index contributed by atoms with van der Waals surface area (Å²) < 4.78 is 10.5. The summed E-state index contributed by atoms with van der Waals surface area (Å²) in [7, 11) is 3.30. The van der Waals surface area contributed by atoms with Crippen molar-refractivity contribution in [3.8, 4) is 11.5 Å². The van der Waals surface area contributed by atoms with E-state index in [1.807, 2.05) is 18.2 Å². The minimum absolute atomic E-state index is 0.776. The lowest BCUT2D eigenvalue weighted by Gasteiger charge is -2.16. The summed E-state index contributed by atoms with van der Waals surface area (Å²) in [6, 6.07) is 5.73. The van der Waals surface area contributed by atoms with E-state index >= 15 is 0 Å². The molecule has 0 unspecified atom stereocenters. The standard InChI is InChI=1S/C13H18N2O2/c1-16-10-6-7-11(12(9-10)17-2)15-13-5-3-4-8-14-13/h6-7,9H,3-5,8H2,1-2H3,(H,14,15). The van der Waals surface area contributed by atoms with E-state index in [0.29, 0.717) is 0 Å². The Morgan fingerprint density at radius 1 is 1.18 bits per heavy atom. The van der Waals surface area contributed by atoms with Gasteiger partial charge in [-0.25, -0.2) is 0 Å². The summed E-state index contributed by atoms with van der Waals surface area (Å²) in [4.78, 5) is 4.46. The zero-order valence-electron chi connectivity index (χ0n) is 10.3. The molecule has 0 saturated carbocycles. The second-order valence-corrected chi connectivity index (χ2v) is 3.98. The van der Waals surface area contributed by atoms with E-state index < -0.39 is 0 Å². The molecule has 0 spiro atoms. The fraction of sp³-hybridized carbons (Fsp3) is 0.462. The van der Waals surface area contributed by atoms with E-state index in [1.54, 1.807) is 14.2 Å². The molecule has 0 bridgehead atoms. The molecule has 17 heavy (non-hydrogen) atoms. The second kappa shape index (κ2) is 5.57. The van der Waals surface area contributed by atoms with Gasteiger partial charge in [-0.05, 0) is 25.0 Å². The Hall–Kier alpha value is -1.71. The number of methoxy groups -OCH3 is 2. The van der Waals surface area contributed by atoms with E-state index in [2.05, 4.69) is 10.3 Å². The van der Waals surface area contributed by atoms with Crippen LogP contribution in [0.3, 0.4) is 0 Å². The van der Waals surface area contributed by atoms with Crippen LogP contribution in [0, 0.1) is 0 Å². The first-order chi connectivity index (χ1) is 8.33. The summed E-state index contributed by atoms with van der Waals surface area (Å²) >= 11 is 0. The van der Waals surface area contributed by atoms with Crippen LogP contribution in [0.4, 0.5) is 5.69 Å². The third-order valence-electron chi connectivity index (χ3n) is 2.81. The van der Waals surface area contributed by atoms with Crippen molar-refractivity contribution in [1.82, 2.24) is 0 Å². The number of benzene rings is 1. The number of ether oxygens (including phenoxy) is 2. The average molecular weight is 234 g/mol. The van der Waals surface area contributed by atoms with Crippen LogP contribution in [-0.4, -0.2) is 26.6 Å². The highest BCUT2D eigenvalue weighted by Gasteiger charge is 2.09. The maximum Gasteiger partial charge on any atom is 0.146 e. The quantitative estimate of drug-likeness (QED) is 0.874. The van der Waals surface area contributed by atoms with Gasteiger partial charge < -0.3 is 14.8 Å². The van der Waals surface area contributed by atoms with Crippen LogP contribution in [0.5, 0.6) is 11.5 Å². The van der Waals surface area contributed by atoms with Crippen molar-refractivity contribution < 1.29 is 9.47 Å². The lowest BCUT2D eigenvalue weighted by molar-refractivity contribution is 0.395. The third-order valence-corrected chi connectivity index (χ3v) is 2.81. The predicted octanol–water partition coefficient (Wildman–Crippen LogP) is 2.70. The minimum atomic E-state index is 0.776. The first kappa shape index (κ1) is 11.8. The lowest BCUT2D eigenvalue weighted by atomic mass is 10.1. The summed E-state index contributed by atoms with van der Waals surface area (Å²) in [5.74, 6) is 2.61. The van der Waals surface area contributed by atoms with Crippen molar-refractivity contribution in [2.24, 2.45) is 4.99 Å². The van der Waals surface area contributed by atoms with Gasteiger partial charge in [0.25, 0.3) is 0 Å². The smallest absolute Gasteiger partial charge is 0.146 e. The number of anilines is 1. The van der Waals surface area contributed by atoms with E-state index in [9.17, 15) is 0 Å². The molecular weight excluding hydrogens is 216 g/mol. The molecule has 1 aliphatic heterocycles. The minimum Gasteiger partial charge on any atom is -0.497 e. The molecule has 0 aliphatic carbocycles. The Bertz CT molecular complexity index is 416. The normalized spacial score (nSPS) is 15.1. The van der Waals surface area contributed by atoms with Crippen LogP contribution in [0.15, 0.2) is 23.2 Å². The van der Waals surface area contributed by atoms with Crippen molar-refractivity contribution in [3.63, 3.8) is 0 Å². The largest absolute Gasteiger partial charge is 0.497 e. The Kier molecular flexibility index (Phi) is 3.85. The van der Waals surface area contributed by atoms with Crippen LogP contribution in [0.2, 0.25) is 0 Å². The van der Waals surface area contributed by atoms with Gasteiger partial charge in [-0.15, -0.1) is 0 Å². The highest BCUT2D eigenvalue weighted by molar-refractivity contribution is 5.97. The van der Waals surface area contributed by atoms with Crippen LogP contribution >= 0.6 is 0 Å². The summed E-state index contributed by atoms with van der Waals surface area (Å²) in [6.07, 6.45) is 3.39. The molecular formula is C13H18N2O2. The van der Waals surface area contributed by atoms with Gasteiger partial charge in [-0.2, -0.15) is 0 Å². The fourth-order valence-corrected chi connectivity index (χ4v) is 1.86. The molecule has 4 nitrogen and oxygen atoms in total. The van der Waals surface area contributed by atoms with Gasteiger partial charge in [0, 0.05) is 19.0 Å². The molecule has 0 radical (unpaired) electrons. The lowest BCUT2D eigenvalue weighted by Crippen LogP contribution is -2.16. The van der Waals surface area contributed by atoms with Crippen molar-refractivity contribution in [1.29, 1.82) is 0 Å². The fourth-order valence-electron chi connectivity index (χ4n) is 1.86. The molecule has 1 aromatic rings. The summed E-state index contributed by atoms with van der Waals surface area (Å²) in [6.45, 7) is 0.917. The third kappa shape index (κ3) is 2.90. The van der Waals surface area contributed by atoms with Gasteiger partial charge in [-0.1, -0.05) is 0 Å². The molecule has 1 heterocycles. The van der Waals surface area contributed by atoms with E-state index in [-0.39, 0.29) is 0 Å². The zero-order valence-corrected chi connectivity index (χ0v) is 10.3. The van der Waals surface area contributed by atoms with Gasteiger partial charge >= 0.3 is 0 Å². The van der Waals surface area contributed by atoms with Crippen molar-refractivity contribution in [3.05, 3.63) is 18.2 Å². The highest BCUT2D eigenvalue weighted by Crippen LogP contribution is 2.29. The maximum absolute atomic E-state index is 5.33. The van der Waals surface area contributed by atoms with Gasteiger partial charge in [0.2, 0.25) is 0 Å². The van der Waals surface area contributed by atoms with Gasteiger partial charge in [0.15, 0.2) is 0 Å². The molecule has 0 atom stereocenters. The Morgan fingerprint density at radius 2 is 2.06 bits per heavy atom. The number of hydrogen-bond acceptors (Lipinski definition) is 4. The molecule has 92 valence electrons. The monoisotopic (exact) mass is 234 g/mol. The number of aliphatic imine (C=N–C) groups is 1. The molecule has 1 aromatic carbocycles. The number of nitrogens with one attached hydrogen (secondary N) is 1. The average Bonchev–Trinajstić information content (AvgIpc) is 2.40. The SMILES string of the molecule is COc1ccc(NC2=NCCCC2)c(OC)c1. The second-order valence-electron chi connectivity index (χ2n) is 3.98. The molecule has 0 amide bonds. The van der Waals surface area contributed by atoms with Gasteiger partial charge in [-0.3, -0.25) is 4.99 Å². The van der Waals surface area contributed by atoms with Crippen LogP contribution in [0.1, 0.15) is 19.3 Å². The van der Waals surface area contributed by atoms with Crippen molar-refractivity contribution >= 4 is 11.5 Å². The maximum atomic E-state index is 5.33. The van der Waals surface area contributed by atoms with Gasteiger partial charge in [0.05, 0.1) is 19.9 Å². The Balaban J connectivity index is 2.16. The van der Waals surface area contributed by atoms with Crippen molar-refractivity contribution in [2.45, 2.75) is 19.3 Å². The van der Waals surface area contributed by atoms with E-state index in [1.165, 1.54) is 12.8 Å². The van der Waals surface area contributed by atoms with Crippen molar-refractivity contribution in [2.75, 3.05) is 26.1 Å². The van der Waals surface area contributed by atoms with Gasteiger partial charge in [0.1, 0.15) is 17.3 Å². The molecule has 2 rings (SSSR count). The predicted molar refractivity (Wildman–Crippen MR) is 69.3 cm³/mol.